The Morgan fingerprint density at radius 1 is 1.29 bits per heavy atom. The molecule has 5 nitrogen and oxygen atoms in total. The van der Waals surface area contributed by atoms with Gasteiger partial charge < -0.3 is 4.74 Å². The number of hydrazone groups is 1. The summed E-state index contributed by atoms with van der Waals surface area (Å²) in [5.74, 6) is -0.0642. The molecule has 0 fully saturated rings. The normalized spacial score (nSPS) is 11.8. The molecule has 0 aliphatic rings. The van der Waals surface area contributed by atoms with E-state index in [1.54, 1.807) is 43.3 Å². The van der Waals surface area contributed by atoms with Crippen LogP contribution in [0.1, 0.15) is 18.1 Å². The van der Waals surface area contributed by atoms with E-state index in [0.29, 0.717) is 21.4 Å². The minimum absolute atomic E-state index is 0.322. The van der Waals surface area contributed by atoms with Gasteiger partial charge in [-0.15, -0.1) is 0 Å². The van der Waals surface area contributed by atoms with E-state index in [0.717, 1.165) is 5.56 Å². The number of nitriles is 1. The molecule has 122 valence electrons. The number of halogens is 2. The zero-order valence-electron chi connectivity index (χ0n) is 12.7. The standard InChI is InChI=1S/C17H13Cl2N3O2/c1-11(24-16-7-6-14(18)8-15(16)19)17(23)22-21-10-13-4-2-12(9-20)3-5-13/h2-8,10-11H,1H3,(H,22,23). The van der Waals surface area contributed by atoms with Crippen LogP contribution in [-0.4, -0.2) is 18.2 Å². The molecule has 0 aliphatic carbocycles. The summed E-state index contributed by atoms with van der Waals surface area (Å²) >= 11 is 11.8. The number of benzene rings is 2. The lowest BCUT2D eigenvalue weighted by Crippen LogP contribution is -2.33. The zero-order valence-corrected chi connectivity index (χ0v) is 14.2. The van der Waals surface area contributed by atoms with Crippen molar-refractivity contribution in [2.45, 2.75) is 13.0 Å². The topological polar surface area (TPSA) is 74.5 Å². The molecule has 0 radical (unpaired) electrons. The Morgan fingerprint density at radius 2 is 2.00 bits per heavy atom. The van der Waals surface area contributed by atoms with Gasteiger partial charge in [-0.25, -0.2) is 5.43 Å². The number of hydrogen-bond donors (Lipinski definition) is 1. The number of nitrogens with zero attached hydrogens (tertiary/aromatic N) is 2. The molecule has 0 bridgehead atoms. The van der Waals surface area contributed by atoms with Crippen molar-refractivity contribution in [2.75, 3.05) is 0 Å². The molecule has 7 heteroatoms. The van der Waals surface area contributed by atoms with Gasteiger partial charge in [0.25, 0.3) is 5.91 Å². The van der Waals surface area contributed by atoms with E-state index in [4.69, 9.17) is 33.2 Å². The van der Waals surface area contributed by atoms with Crippen LogP contribution in [-0.2, 0) is 4.79 Å². The maximum Gasteiger partial charge on any atom is 0.280 e. The summed E-state index contributed by atoms with van der Waals surface area (Å²) in [6.45, 7) is 1.58. The third-order valence-corrected chi connectivity index (χ3v) is 3.53. The number of amides is 1. The zero-order chi connectivity index (χ0) is 17.5. The molecular formula is C17H13Cl2N3O2. The third-order valence-electron chi connectivity index (χ3n) is 3.00. The molecule has 2 aromatic carbocycles. The molecule has 0 aromatic heterocycles. The van der Waals surface area contributed by atoms with Crippen LogP contribution in [0.25, 0.3) is 0 Å². The van der Waals surface area contributed by atoms with Crippen LogP contribution in [0, 0.1) is 11.3 Å². The van der Waals surface area contributed by atoms with E-state index >= 15 is 0 Å². The van der Waals surface area contributed by atoms with Gasteiger partial charge in [0, 0.05) is 5.02 Å². The molecule has 2 rings (SSSR count). The molecule has 0 aliphatic heterocycles. The van der Waals surface area contributed by atoms with E-state index in [2.05, 4.69) is 10.5 Å². The molecule has 1 unspecified atom stereocenters. The Morgan fingerprint density at radius 3 is 2.62 bits per heavy atom. The van der Waals surface area contributed by atoms with Crippen LogP contribution in [0.3, 0.4) is 0 Å². The van der Waals surface area contributed by atoms with Crippen LogP contribution in [0.4, 0.5) is 0 Å². The molecule has 2 aromatic rings. The second kappa shape index (κ2) is 8.34. The first-order valence-corrected chi connectivity index (χ1v) is 7.70. The molecule has 1 atom stereocenters. The predicted molar refractivity (Wildman–Crippen MR) is 93.4 cm³/mol. The Labute approximate surface area is 149 Å². The fraction of sp³-hybridized carbons (Fsp3) is 0.118. The van der Waals surface area contributed by atoms with Crippen molar-refractivity contribution in [1.29, 1.82) is 5.26 Å². The largest absolute Gasteiger partial charge is 0.479 e. The molecule has 0 spiro atoms. The molecular weight excluding hydrogens is 349 g/mol. The van der Waals surface area contributed by atoms with E-state index in [-0.39, 0.29) is 0 Å². The molecule has 1 amide bonds. The first kappa shape index (κ1) is 17.8. The summed E-state index contributed by atoms with van der Waals surface area (Å²) in [5, 5.41) is 13.4. The van der Waals surface area contributed by atoms with Crippen LogP contribution in [0.5, 0.6) is 5.75 Å². The minimum atomic E-state index is -0.790. The molecule has 0 heterocycles. The van der Waals surface area contributed by atoms with Gasteiger partial charge >= 0.3 is 0 Å². The highest BCUT2D eigenvalue weighted by Crippen LogP contribution is 2.28. The van der Waals surface area contributed by atoms with Gasteiger partial charge in [-0.05, 0) is 42.8 Å². The highest BCUT2D eigenvalue weighted by Gasteiger charge is 2.15. The smallest absolute Gasteiger partial charge is 0.280 e. The fourth-order valence-electron chi connectivity index (χ4n) is 1.72. The van der Waals surface area contributed by atoms with Crippen molar-refractivity contribution >= 4 is 35.3 Å². The third kappa shape index (κ3) is 4.98. The number of carbonyl (C=O) groups is 1. The summed E-state index contributed by atoms with van der Waals surface area (Å²) in [4.78, 5) is 12.0. The van der Waals surface area contributed by atoms with Crippen molar-refractivity contribution in [1.82, 2.24) is 5.43 Å². The monoisotopic (exact) mass is 361 g/mol. The Balaban J connectivity index is 1.91. The lowest BCUT2D eigenvalue weighted by Gasteiger charge is -2.14. The molecule has 0 saturated heterocycles. The van der Waals surface area contributed by atoms with Crippen LogP contribution in [0.15, 0.2) is 47.6 Å². The van der Waals surface area contributed by atoms with Gasteiger partial charge in [0.2, 0.25) is 0 Å². The lowest BCUT2D eigenvalue weighted by atomic mass is 10.2. The van der Waals surface area contributed by atoms with Gasteiger partial charge in [-0.3, -0.25) is 4.79 Å². The average Bonchev–Trinajstić information content (AvgIpc) is 2.57. The van der Waals surface area contributed by atoms with Gasteiger partial charge in [0.05, 0.1) is 22.9 Å². The van der Waals surface area contributed by atoms with Gasteiger partial charge in [0.1, 0.15) is 5.75 Å². The Bertz CT molecular complexity index is 798. The summed E-state index contributed by atoms with van der Waals surface area (Å²) in [6, 6.07) is 13.5. The van der Waals surface area contributed by atoms with Crippen molar-refractivity contribution < 1.29 is 9.53 Å². The summed E-state index contributed by atoms with van der Waals surface area (Å²) in [7, 11) is 0. The van der Waals surface area contributed by atoms with Gasteiger partial charge in [0.15, 0.2) is 6.10 Å². The first-order chi connectivity index (χ1) is 11.5. The van der Waals surface area contributed by atoms with Crippen LogP contribution in [0.2, 0.25) is 10.0 Å². The Kier molecular flexibility index (Phi) is 6.19. The van der Waals surface area contributed by atoms with E-state index in [1.165, 1.54) is 12.3 Å². The van der Waals surface area contributed by atoms with Crippen molar-refractivity contribution in [3.8, 4) is 11.8 Å². The van der Waals surface area contributed by atoms with E-state index in [1.807, 2.05) is 6.07 Å². The second-order valence-corrected chi connectivity index (χ2v) is 5.65. The van der Waals surface area contributed by atoms with Crippen LogP contribution < -0.4 is 10.2 Å². The number of rotatable bonds is 5. The van der Waals surface area contributed by atoms with E-state index < -0.39 is 12.0 Å². The van der Waals surface area contributed by atoms with Gasteiger partial charge in [-0.2, -0.15) is 10.4 Å². The van der Waals surface area contributed by atoms with Crippen molar-refractivity contribution in [3.63, 3.8) is 0 Å². The number of carbonyl (C=O) groups excluding carboxylic acids is 1. The van der Waals surface area contributed by atoms with E-state index in [9.17, 15) is 4.79 Å². The number of hydrogen-bond acceptors (Lipinski definition) is 4. The van der Waals surface area contributed by atoms with Crippen molar-refractivity contribution in [3.05, 3.63) is 63.6 Å². The first-order valence-electron chi connectivity index (χ1n) is 6.94. The summed E-state index contributed by atoms with van der Waals surface area (Å²) < 4.78 is 5.48. The maximum atomic E-state index is 12.0. The quantitative estimate of drug-likeness (QED) is 0.650. The SMILES string of the molecule is CC(Oc1ccc(Cl)cc1Cl)C(=O)NN=Cc1ccc(C#N)cc1. The lowest BCUT2D eigenvalue weighted by molar-refractivity contribution is -0.127. The molecule has 1 N–H and O–H groups in total. The fourth-order valence-corrected chi connectivity index (χ4v) is 2.17. The van der Waals surface area contributed by atoms with Gasteiger partial charge in [-0.1, -0.05) is 35.3 Å². The van der Waals surface area contributed by atoms with Crippen molar-refractivity contribution in [2.24, 2.45) is 5.10 Å². The highest BCUT2D eigenvalue weighted by atomic mass is 35.5. The number of nitrogens with one attached hydrogen (secondary N) is 1. The predicted octanol–water partition coefficient (Wildman–Crippen LogP) is 3.78. The highest BCUT2D eigenvalue weighted by molar-refractivity contribution is 6.35. The second-order valence-electron chi connectivity index (χ2n) is 4.80. The molecule has 0 saturated carbocycles. The summed E-state index contributed by atoms with van der Waals surface area (Å²) in [5.41, 5.74) is 3.69. The van der Waals surface area contributed by atoms with Crippen LogP contribution >= 0.6 is 23.2 Å². The summed E-state index contributed by atoms with van der Waals surface area (Å²) in [6.07, 6.45) is 0.683. The number of ether oxygens (including phenoxy) is 1. The minimum Gasteiger partial charge on any atom is -0.479 e. The average molecular weight is 362 g/mol. The maximum absolute atomic E-state index is 12.0. The Hall–Kier alpha value is -2.55. The molecule has 24 heavy (non-hydrogen) atoms.